The summed E-state index contributed by atoms with van der Waals surface area (Å²) in [7, 11) is 1.29. The van der Waals surface area contributed by atoms with Crippen LogP contribution in [0.25, 0.3) is 11.4 Å². The van der Waals surface area contributed by atoms with Crippen LogP contribution in [0.2, 0.25) is 0 Å². The van der Waals surface area contributed by atoms with Crippen LogP contribution in [0.3, 0.4) is 0 Å². The van der Waals surface area contributed by atoms with Gasteiger partial charge in [-0.3, -0.25) is 4.79 Å². The molecule has 0 aliphatic heterocycles. The van der Waals surface area contributed by atoms with Crippen molar-refractivity contribution in [1.82, 2.24) is 20.2 Å². The lowest BCUT2D eigenvalue weighted by Crippen LogP contribution is -2.22. The molecule has 3 aromatic rings. The van der Waals surface area contributed by atoms with Crippen molar-refractivity contribution in [3.05, 3.63) is 59.7 Å². The van der Waals surface area contributed by atoms with E-state index in [-0.39, 0.29) is 18.0 Å². The van der Waals surface area contributed by atoms with Gasteiger partial charge in [0.05, 0.1) is 18.4 Å². The second-order valence-corrected chi connectivity index (χ2v) is 6.51. The summed E-state index contributed by atoms with van der Waals surface area (Å²) in [5.74, 6) is -0.0234. The topological polar surface area (TPSA) is 99.0 Å². The van der Waals surface area contributed by atoms with Gasteiger partial charge in [-0.05, 0) is 28.8 Å². The van der Waals surface area contributed by atoms with Gasteiger partial charge in [-0.25, -0.2) is 4.79 Å². The number of hydrogen-bond donors (Lipinski definition) is 1. The summed E-state index contributed by atoms with van der Waals surface area (Å²) in [4.78, 5) is 25.3. The third kappa shape index (κ3) is 4.40. The van der Waals surface area contributed by atoms with Crippen molar-refractivity contribution in [2.24, 2.45) is 0 Å². The fourth-order valence-corrected chi connectivity index (χ4v) is 2.64. The quantitative estimate of drug-likeness (QED) is 0.661. The lowest BCUT2D eigenvalue weighted by atomic mass is 10.0. The molecule has 0 saturated heterocycles. The van der Waals surface area contributed by atoms with Gasteiger partial charge >= 0.3 is 5.97 Å². The summed E-state index contributed by atoms with van der Waals surface area (Å²) in [6.45, 7) is 4.12. The molecule has 1 N–H and O–H groups in total. The van der Waals surface area contributed by atoms with Crippen molar-refractivity contribution < 1.29 is 14.3 Å². The van der Waals surface area contributed by atoms with E-state index in [1.807, 2.05) is 24.3 Å². The largest absolute Gasteiger partial charge is 0.465 e. The molecule has 0 bridgehead atoms. The number of carbonyl (C=O) groups is 2. The number of nitrogens with zero attached hydrogens (tertiary/aromatic N) is 4. The number of methoxy groups -OCH3 is 1. The number of carbonyl (C=O) groups excluding carboxylic acids is 2. The average molecular weight is 379 g/mol. The van der Waals surface area contributed by atoms with Gasteiger partial charge in [-0.1, -0.05) is 50.2 Å². The smallest absolute Gasteiger partial charge is 0.339 e. The number of rotatable bonds is 6. The van der Waals surface area contributed by atoms with Crippen LogP contribution in [0.15, 0.2) is 48.5 Å². The Morgan fingerprint density at radius 3 is 2.50 bits per heavy atom. The molecular formula is C20H21N5O3. The molecule has 28 heavy (non-hydrogen) atoms. The first-order valence-electron chi connectivity index (χ1n) is 8.83. The minimum Gasteiger partial charge on any atom is -0.465 e. The molecule has 3 rings (SSSR count). The normalized spacial score (nSPS) is 10.7. The Morgan fingerprint density at radius 2 is 1.82 bits per heavy atom. The summed E-state index contributed by atoms with van der Waals surface area (Å²) >= 11 is 0. The van der Waals surface area contributed by atoms with Gasteiger partial charge in [0.1, 0.15) is 6.54 Å². The first kappa shape index (κ1) is 19.2. The van der Waals surface area contributed by atoms with Gasteiger partial charge in [-0.15, -0.1) is 10.2 Å². The van der Waals surface area contributed by atoms with Crippen LogP contribution in [0.1, 0.15) is 35.7 Å². The molecule has 0 fully saturated rings. The average Bonchev–Trinajstić information content (AvgIpc) is 3.16. The summed E-state index contributed by atoms with van der Waals surface area (Å²) in [6, 6.07) is 14.5. The third-order valence-electron chi connectivity index (χ3n) is 4.18. The molecular weight excluding hydrogens is 358 g/mol. The van der Waals surface area contributed by atoms with Gasteiger partial charge < -0.3 is 10.1 Å². The molecule has 144 valence electrons. The van der Waals surface area contributed by atoms with Crippen LogP contribution < -0.4 is 5.32 Å². The first-order valence-corrected chi connectivity index (χ1v) is 8.83. The van der Waals surface area contributed by atoms with E-state index < -0.39 is 5.97 Å². The van der Waals surface area contributed by atoms with E-state index in [4.69, 9.17) is 4.74 Å². The highest BCUT2D eigenvalue weighted by atomic mass is 16.5. The fourth-order valence-electron chi connectivity index (χ4n) is 2.64. The molecule has 8 nitrogen and oxygen atoms in total. The van der Waals surface area contributed by atoms with Crippen LogP contribution in [-0.2, 0) is 16.1 Å². The van der Waals surface area contributed by atoms with Crippen LogP contribution in [0, 0.1) is 0 Å². The van der Waals surface area contributed by atoms with Crippen LogP contribution in [0.5, 0.6) is 0 Å². The monoisotopic (exact) mass is 379 g/mol. The van der Waals surface area contributed by atoms with E-state index in [0.29, 0.717) is 17.4 Å². The Bertz CT molecular complexity index is 980. The molecule has 1 aromatic heterocycles. The molecule has 0 radical (unpaired) electrons. The number of ether oxygens (including phenoxy) is 1. The summed E-state index contributed by atoms with van der Waals surface area (Å²) < 4.78 is 4.72. The van der Waals surface area contributed by atoms with Crippen LogP contribution in [-0.4, -0.2) is 39.2 Å². The van der Waals surface area contributed by atoms with Crippen molar-refractivity contribution in [2.45, 2.75) is 26.3 Å². The van der Waals surface area contributed by atoms with E-state index in [1.165, 1.54) is 17.5 Å². The zero-order valence-electron chi connectivity index (χ0n) is 15.9. The summed E-state index contributed by atoms with van der Waals surface area (Å²) in [6.07, 6.45) is 0. The highest BCUT2D eigenvalue weighted by molar-refractivity contribution is 6.01. The predicted octanol–water partition coefficient (Wildman–Crippen LogP) is 2.89. The Labute approximate surface area is 162 Å². The van der Waals surface area contributed by atoms with Crippen LogP contribution in [0.4, 0.5) is 5.69 Å². The maximum Gasteiger partial charge on any atom is 0.339 e. The van der Waals surface area contributed by atoms with Crippen molar-refractivity contribution in [3.63, 3.8) is 0 Å². The van der Waals surface area contributed by atoms with Crippen molar-refractivity contribution in [1.29, 1.82) is 0 Å². The Kier molecular flexibility index (Phi) is 5.78. The SMILES string of the molecule is COC(=O)c1ccccc1NC(=O)Cn1nnc(-c2ccc(C(C)C)cc2)n1. The van der Waals surface area contributed by atoms with E-state index in [0.717, 1.165) is 5.56 Å². The number of amides is 1. The molecule has 1 heterocycles. The minimum atomic E-state index is -0.526. The van der Waals surface area contributed by atoms with Gasteiger partial charge in [-0.2, -0.15) is 4.80 Å². The molecule has 0 spiro atoms. The molecule has 0 aliphatic rings. The number of anilines is 1. The number of hydrogen-bond acceptors (Lipinski definition) is 6. The van der Waals surface area contributed by atoms with Gasteiger partial charge in [0.2, 0.25) is 11.7 Å². The molecule has 0 atom stereocenters. The standard InChI is InChI=1S/C20H21N5O3/c1-13(2)14-8-10-15(11-9-14)19-22-24-25(23-19)12-18(26)21-17-7-5-4-6-16(17)20(27)28-3/h4-11,13H,12H2,1-3H3,(H,21,26). The Hall–Kier alpha value is -3.55. The lowest BCUT2D eigenvalue weighted by Gasteiger charge is -2.09. The molecule has 0 aliphatic carbocycles. The molecule has 8 heteroatoms. The van der Waals surface area contributed by atoms with Gasteiger partial charge in [0, 0.05) is 5.56 Å². The second kappa shape index (κ2) is 8.43. The Balaban J connectivity index is 1.68. The number of tetrazole rings is 1. The summed E-state index contributed by atoms with van der Waals surface area (Å²) in [5, 5.41) is 14.9. The number of para-hydroxylation sites is 1. The molecule has 0 unspecified atom stereocenters. The predicted molar refractivity (Wildman–Crippen MR) is 104 cm³/mol. The van der Waals surface area contributed by atoms with Gasteiger partial charge in [0.15, 0.2) is 0 Å². The Morgan fingerprint density at radius 1 is 1.11 bits per heavy atom. The summed E-state index contributed by atoms with van der Waals surface area (Å²) in [5.41, 5.74) is 2.69. The molecule has 0 saturated carbocycles. The number of esters is 1. The zero-order valence-corrected chi connectivity index (χ0v) is 15.9. The van der Waals surface area contributed by atoms with Gasteiger partial charge in [0.25, 0.3) is 0 Å². The van der Waals surface area contributed by atoms with Crippen molar-refractivity contribution in [3.8, 4) is 11.4 Å². The lowest BCUT2D eigenvalue weighted by molar-refractivity contribution is -0.117. The second-order valence-electron chi connectivity index (χ2n) is 6.51. The minimum absolute atomic E-state index is 0.132. The van der Waals surface area contributed by atoms with Crippen molar-refractivity contribution in [2.75, 3.05) is 12.4 Å². The molecule has 1 amide bonds. The highest BCUT2D eigenvalue weighted by Crippen LogP contribution is 2.19. The zero-order chi connectivity index (χ0) is 20.1. The first-order chi connectivity index (χ1) is 13.5. The van der Waals surface area contributed by atoms with Crippen LogP contribution >= 0.6 is 0 Å². The van der Waals surface area contributed by atoms with E-state index in [1.54, 1.807) is 24.3 Å². The number of nitrogens with one attached hydrogen (secondary N) is 1. The van der Waals surface area contributed by atoms with E-state index in [2.05, 4.69) is 34.6 Å². The number of aromatic nitrogens is 4. The third-order valence-corrected chi connectivity index (χ3v) is 4.18. The van der Waals surface area contributed by atoms with E-state index >= 15 is 0 Å². The van der Waals surface area contributed by atoms with E-state index in [9.17, 15) is 9.59 Å². The molecule has 2 aromatic carbocycles. The fraction of sp³-hybridized carbons (Fsp3) is 0.250. The highest BCUT2D eigenvalue weighted by Gasteiger charge is 2.15. The maximum absolute atomic E-state index is 12.3. The van der Waals surface area contributed by atoms with Crippen molar-refractivity contribution >= 4 is 17.6 Å². The number of benzene rings is 2. The maximum atomic E-state index is 12.3.